The van der Waals surface area contributed by atoms with Crippen LogP contribution in [0, 0.1) is 18.3 Å². The summed E-state index contributed by atoms with van der Waals surface area (Å²) in [6, 6.07) is 12.5. The van der Waals surface area contributed by atoms with Gasteiger partial charge < -0.3 is 0 Å². The largest absolute Gasteiger partial charge is 0.416 e. The van der Waals surface area contributed by atoms with E-state index in [0.717, 1.165) is 23.3 Å². The number of halogens is 3. The predicted octanol–water partition coefficient (Wildman–Crippen LogP) is 5.22. The Labute approximate surface area is 121 Å². The van der Waals surface area contributed by atoms with Crippen LogP contribution in [0.1, 0.15) is 16.7 Å². The molecule has 0 bridgehead atoms. The van der Waals surface area contributed by atoms with Crippen molar-refractivity contribution in [1.82, 2.24) is 0 Å². The van der Waals surface area contributed by atoms with Gasteiger partial charge in [-0.3, -0.25) is 0 Å². The minimum absolute atomic E-state index is 0.517. The van der Waals surface area contributed by atoms with E-state index in [2.05, 4.69) is 0 Å². The third-order valence-electron chi connectivity index (χ3n) is 3.13. The van der Waals surface area contributed by atoms with Crippen molar-refractivity contribution in [2.75, 3.05) is 0 Å². The summed E-state index contributed by atoms with van der Waals surface area (Å²) in [7, 11) is 0. The van der Waals surface area contributed by atoms with E-state index in [1.807, 2.05) is 19.1 Å². The van der Waals surface area contributed by atoms with Crippen molar-refractivity contribution in [2.45, 2.75) is 13.1 Å². The second-order valence-electron chi connectivity index (χ2n) is 4.61. The van der Waals surface area contributed by atoms with Gasteiger partial charge in [0.25, 0.3) is 0 Å². The van der Waals surface area contributed by atoms with Crippen LogP contribution in [0.2, 0.25) is 0 Å². The highest BCUT2D eigenvalue weighted by Gasteiger charge is 2.30. The Morgan fingerprint density at radius 2 is 1.76 bits per heavy atom. The van der Waals surface area contributed by atoms with Crippen LogP contribution >= 0.6 is 0 Å². The van der Waals surface area contributed by atoms with Crippen molar-refractivity contribution in [3.8, 4) is 17.2 Å². The van der Waals surface area contributed by atoms with Gasteiger partial charge in [-0.15, -0.1) is 0 Å². The molecule has 106 valence electrons. The summed E-state index contributed by atoms with van der Waals surface area (Å²) in [6.45, 7) is 1.86. The molecule has 0 atom stereocenters. The van der Waals surface area contributed by atoms with Crippen molar-refractivity contribution in [1.29, 1.82) is 5.26 Å². The zero-order valence-electron chi connectivity index (χ0n) is 11.3. The second kappa shape index (κ2) is 5.84. The average Bonchev–Trinajstić information content (AvgIpc) is 2.45. The number of allylic oxidation sites excluding steroid dienone is 1. The Balaban J connectivity index is 2.42. The normalized spacial score (nSPS) is 11.6. The molecule has 0 heterocycles. The first-order valence-corrected chi connectivity index (χ1v) is 6.26. The first-order chi connectivity index (χ1) is 9.91. The minimum Gasteiger partial charge on any atom is -0.193 e. The van der Waals surface area contributed by atoms with E-state index in [1.165, 1.54) is 12.1 Å². The number of alkyl halides is 3. The quantitative estimate of drug-likeness (QED) is 0.695. The van der Waals surface area contributed by atoms with E-state index in [9.17, 15) is 13.2 Å². The van der Waals surface area contributed by atoms with Crippen molar-refractivity contribution in [3.05, 3.63) is 65.2 Å². The first kappa shape index (κ1) is 14.9. The van der Waals surface area contributed by atoms with Crippen LogP contribution in [0.4, 0.5) is 13.2 Å². The monoisotopic (exact) mass is 287 g/mol. The molecule has 0 spiro atoms. The summed E-state index contributed by atoms with van der Waals surface area (Å²) in [6.07, 6.45) is -1.31. The van der Waals surface area contributed by atoms with Gasteiger partial charge >= 0.3 is 6.18 Å². The Morgan fingerprint density at radius 1 is 1.05 bits per heavy atom. The molecule has 21 heavy (non-hydrogen) atoms. The molecule has 0 aromatic heterocycles. The lowest BCUT2D eigenvalue weighted by Gasteiger charge is -2.10. The van der Waals surface area contributed by atoms with Gasteiger partial charge in [0.2, 0.25) is 0 Å². The Hall–Kier alpha value is -2.54. The van der Waals surface area contributed by atoms with Gasteiger partial charge in [-0.25, -0.2) is 0 Å². The summed E-state index contributed by atoms with van der Waals surface area (Å²) >= 11 is 0. The molecule has 2 aromatic carbocycles. The van der Waals surface area contributed by atoms with Gasteiger partial charge in [-0.2, -0.15) is 18.4 Å². The molecule has 0 saturated heterocycles. The first-order valence-electron chi connectivity index (χ1n) is 6.26. The molecule has 0 amide bonds. The highest BCUT2D eigenvalue weighted by molar-refractivity contribution is 5.68. The van der Waals surface area contributed by atoms with E-state index in [-0.39, 0.29) is 0 Å². The molecule has 4 heteroatoms. The van der Waals surface area contributed by atoms with Crippen LogP contribution in [0.15, 0.2) is 48.5 Å². The molecule has 2 rings (SSSR count). The molecule has 0 fully saturated rings. The molecule has 0 aliphatic heterocycles. The molecule has 0 aliphatic carbocycles. The lowest BCUT2D eigenvalue weighted by molar-refractivity contribution is -0.137. The summed E-state index contributed by atoms with van der Waals surface area (Å²) in [5, 5.41) is 8.51. The van der Waals surface area contributed by atoms with Crippen molar-refractivity contribution >= 4 is 6.08 Å². The van der Waals surface area contributed by atoms with Crippen LogP contribution in [0.25, 0.3) is 17.2 Å². The molecule has 0 unspecified atom stereocenters. The maximum absolute atomic E-state index is 12.7. The molecule has 0 N–H and O–H groups in total. The topological polar surface area (TPSA) is 23.8 Å². The number of hydrogen-bond acceptors (Lipinski definition) is 1. The van der Waals surface area contributed by atoms with Crippen LogP contribution in [0.3, 0.4) is 0 Å². The maximum atomic E-state index is 12.7. The summed E-state index contributed by atoms with van der Waals surface area (Å²) in [5.74, 6) is 0. The number of nitriles is 1. The number of benzene rings is 2. The zero-order valence-corrected chi connectivity index (χ0v) is 11.3. The summed E-state index contributed by atoms with van der Waals surface area (Å²) < 4.78 is 38.2. The number of aryl methyl sites for hydroxylation is 1. The standard InChI is InChI=1S/C17H12F3N/c1-12-10-15(8-7-13(12)5-3-9-21)14-4-2-6-16(11-14)17(18,19)20/h2-8,10-11H,1H3. The zero-order chi connectivity index (χ0) is 15.5. The van der Waals surface area contributed by atoms with Gasteiger partial charge in [-0.05, 0) is 47.4 Å². The molecule has 0 radical (unpaired) electrons. The highest BCUT2D eigenvalue weighted by atomic mass is 19.4. The van der Waals surface area contributed by atoms with E-state index in [4.69, 9.17) is 5.26 Å². The van der Waals surface area contributed by atoms with Crippen LogP contribution in [-0.2, 0) is 6.18 Å². The molecule has 0 saturated carbocycles. The van der Waals surface area contributed by atoms with Gasteiger partial charge in [0.1, 0.15) is 0 Å². The molecular formula is C17H12F3N. The minimum atomic E-state index is -4.35. The van der Waals surface area contributed by atoms with E-state index in [1.54, 1.807) is 24.3 Å². The third kappa shape index (κ3) is 3.51. The smallest absolute Gasteiger partial charge is 0.193 e. The van der Waals surface area contributed by atoms with Crippen LogP contribution < -0.4 is 0 Å². The van der Waals surface area contributed by atoms with Gasteiger partial charge in [-0.1, -0.05) is 30.3 Å². The molecular weight excluding hydrogens is 275 g/mol. The average molecular weight is 287 g/mol. The third-order valence-corrected chi connectivity index (χ3v) is 3.13. The van der Waals surface area contributed by atoms with Crippen LogP contribution in [0.5, 0.6) is 0 Å². The van der Waals surface area contributed by atoms with E-state index >= 15 is 0 Å². The predicted molar refractivity (Wildman–Crippen MR) is 76.3 cm³/mol. The van der Waals surface area contributed by atoms with Crippen LogP contribution in [-0.4, -0.2) is 0 Å². The fourth-order valence-corrected chi connectivity index (χ4v) is 2.04. The Kier molecular flexibility index (Phi) is 4.13. The lowest BCUT2D eigenvalue weighted by Crippen LogP contribution is -2.04. The van der Waals surface area contributed by atoms with Crippen molar-refractivity contribution < 1.29 is 13.2 Å². The SMILES string of the molecule is Cc1cc(-c2cccc(C(F)(F)F)c2)ccc1C=CC#N. The summed E-state index contributed by atoms with van der Waals surface area (Å²) in [4.78, 5) is 0. The van der Waals surface area contributed by atoms with E-state index in [0.29, 0.717) is 11.1 Å². The highest BCUT2D eigenvalue weighted by Crippen LogP contribution is 2.32. The maximum Gasteiger partial charge on any atom is 0.416 e. The van der Waals surface area contributed by atoms with Gasteiger partial charge in [0.05, 0.1) is 11.6 Å². The van der Waals surface area contributed by atoms with Gasteiger partial charge in [0, 0.05) is 6.08 Å². The second-order valence-corrected chi connectivity index (χ2v) is 4.61. The molecule has 2 aromatic rings. The van der Waals surface area contributed by atoms with Gasteiger partial charge in [0.15, 0.2) is 0 Å². The van der Waals surface area contributed by atoms with Crippen molar-refractivity contribution in [3.63, 3.8) is 0 Å². The fourth-order valence-electron chi connectivity index (χ4n) is 2.04. The number of hydrogen-bond donors (Lipinski definition) is 0. The van der Waals surface area contributed by atoms with Crippen molar-refractivity contribution in [2.24, 2.45) is 0 Å². The Morgan fingerprint density at radius 3 is 2.38 bits per heavy atom. The fraction of sp³-hybridized carbons (Fsp3) is 0.118. The number of rotatable bonds is 2. The van der Waals surface area contributed by atoms with E-state index < -0.39 is 11.7 Å². The molecule has 0 aliphatic rings. The number of nitrogens with zero attached hydrogens (tertiary/aromatic N) is 1. The molecule has 1 nitrogen and oxygen atoms in total. The lowest BCUT2D eigenvalue weighted by atomic mass is 9.98. The Bertz CT molecular complexity index is 722. The summed E-state index contributed by atoms with van der Waals surface area (Å²) in [5.41, 5.74) is 2.34.